The Balaban J connectivity index is 1.87. The lowest BCUT2D eigenvalue weighted by molar-refractivity contribution is -0.149. The summed E-state index contributed by atoms with van der Waals surface area (Å²) in [5.74, 6) is -0.946. The van der Waals surface area contributed by atoms with Crippen LogP contribution in [0.4, 0.5) is 4.39 Å². The number of benzene rings is 1. The molecule has 1 aliphatic rings. The average Bonchev–Trinajstić information content (AvgIpc) is 3.13. The van der Waals surface area contributed by atoms with E-state index in [1.807, 2.05) is 13.8 Å². The van der Waals surface area contributed by atoms with Gasteiger partial charge in [0, 0.05) is 13.1 Å². The normalized spacial score (nSPS) is 17.0. The number of halogens is 1. The number of ether oxygens (including phenoxy) is 1. The van der Waals surface area contributed by atoms with E-state index in [4.69, 9.17) is 4.74 Å². The van der Waals surface area contributed by atoms with E-state index in [-0.39, 0.29) is 29.5 Å². The van der Waals surface area contributed by atoms with E-state index in [2.05, 4.69) is 5.10 Å². The Bertz CT molecular complexity index is 845. The van der Waals surface area contributed by atoms with Gasteiger partial charge in [-0.1, -0.05) is 13.8 Å². The molecule has 1 amide bonds. The van der Waals surface area contributed by atoms with Crippen LogP contribution in [-0.4, -0.2) is 46.3 Å². The molecule has 0 radical (unpaired) electrons. The van der Waals surface area contributed by atoms with E-state index < -0.39 is 0 Å². The lowest BCUT2D eigenvalue weighted by atomic mass is 9.97. The summed E-state index contributed by atoms with van der Waals surface area (Å²) in [6, 6.07) is 6.02. The quantitative estimate of drug-likeness (QED) is 0.736. The Labute approximate surface area is 164 Å². The minimum atomic E-state index is -0.323. The first-order chi connectivity index (χ1) is 13.4. The van der Waals surface area contributed by atoms with E-state index in [0.29, 0.717) is 30.9 Å². The van der Waals surface area contributed by atoms with E-state index in [0.717, 1.165) is 18.5 Å². The lowest BCUT2D eigenvalue weighted by Gasteiger charge is -2.31. The molecule has 2 aromatic rings. The fraction of sp³-hybridized carbons (Fsp3) is 0.476. The Morgan fingerprint density at radius 3 is 2.64 bits per heavy atom. The van der Waals surface area contributed by atoms with Crippen molar-refractivity contribution in [1.29, 1.82) is 0 Å². The Hall–Kier alpha value is -2.70. The highest BCUT2D eigenvalue weighted by Crippen LogP contribution is 2.26. The summed E-state index contributed by atoms with van der Waals surface area (Å²) in [5, 5.41) is 4.39. The number of likely N-dealkylation sites (tertiary alicyclic amines) is 1. The summed E-state index contributed by atoms with van der Waals surface area (Å²) in [6.45, 7) is 7.06. The number of hydrogen-bond acceptors (Lipinski definition) is 4. The van der Waals surface area contributed by atoms with Gasteiger partial charge in [0.15, 0.2) is 0 Å². The van der Waals surface area contributed by atoms with Gasteiger partial charge in [-0.25, -0.2) is 9.07 Å². The predicted octanol–water partition coefficient (Wildman–Crippen LogP) is 3.55. The number of piperidine rings is 1. The van der Waals surface area contributed by atoms with Crippen LogP contribution in [0.5, 0.6) is 0 Å². The average molecular weight is 387 g/mol. The number of hydrogen-bond donors (Lipinski definition) is 0. The summed E-state index contributed by atoms with van der Waals surface area (Å²) in [6.07, 6.45) is 3.06. The number of esters is 1. The van der Waals surface area contributed by atoms with Crippen molar-refractivity contribution < 1.29 is 18.7 Å². The third kappa shape index (κ3) is 4.08. The molecule has 7 heteroatoms. The number of nitrogens with zero attached hydrogens (tertiary/aromatic N) is 3. The second-order valence-corrected chi connectivity index (χ2v) is 7.33. The number of carbonyl (C=O) groups excluding carboxylic acids is 2. The minimum absolute atomic E-state index is 0.0390. The van der Waals surface area contributed by atoms with E-state index in [9.17, 15) is 14.0 Å². The standard InChI is InChI=1S/C21H26FN3O3/c1-4-28-21(27)15-6-5-11-24(13-15)20(26)18-12-23-25(19(18)14(2)3)17-9-7-16(22)8-10-17/h7-10,12,14-15H,4-6,11,13H2,1-3H3/t15-/m0/s1. The first kappa shape index (κ1) is 20.0. The first-order valence-corrected chi connectivity index (χ1v) is 9.72. The highest BCUT2D eigenvalue weighted by atomic mass is 19.1. The predicted molar refractivity (Wildman–Crippen MR) is 103 cm³/mol. The molecule has 1 saturated heterocycles. The molecule has 150 valence electrons. The SMILES string of the molecule is CCOC(=O)[C@H]1CCCN(C(=O)c2cnn(-c3ccc(F)cc3)c2C(C)C)C1. The van der Waals surface area contributed by atoms with Crippen molar-refractivity contribution in [3.8, 4) is 5.69 Å². The van der Waals surface area contributed by atoms with Crippen LogP contribution >= 0.6 is 0 Å². The van der Waals surface area contributed by atoms with Gasteiger partial charge in [0.05, 0.1) is 35.7 Å². The van der Waals surface area contributed by atoms with Gasteiger partial charge in [0.1, 0.15) is 5.82 Å². The number of aromatic nitrogens is 2. The number of amides is 1. The van der Waals surface area contributed by atoms with Crippen LogP contribution in [0.3, 0.4) is 0 Å². The second-order valence-electron chi connectivity index (χ2n) is 7.33. The molecule has 3 rings (SSSR count). The molecule has 0 saturated carbocycles. The molecular weight excluding hydrogens is 361 g/mol. The molecule has 0 N–H and O–H groups in total. The van der Waals surface area contributed by atoms with Crippen LogP contribution < -0.4 is 0 Å². The maximum absolute atomic E-state index is 13.3. The van der Waals surface area contributed by atoms with Gasteiger partial charge in [0.25, 0.3) is 5.91 Å². The zero-order valence-corrected chi connectivity index (χ0v) is 16.5. The van der Waals surface area contributed by atoms with Crippen molar-refractivity contribution in [2.24, 2.45) is 5.92 Å². The van der Waals surface area contributed by atoms with Gasteiger partial charge in [-0.15, -0.1) is 0 Å². The summed E-state index contributed by atoms with van der Waals surface area (Å²) in [5.41, 5.74) is 1.99. The van der Waals surface area contributed by atoms with Crippen LogP contribution in [0.25, 0.3) is 5.69 Å². The second kappa shape index (κ2) is 8.54. The highest BCUT2D eigenvalue weighted by Gasteiger charge is 2.32. The molecule has 2 heterocycles. The molecule has 1 aromatic carbocycles. The minimum Gasteiger partial charge on any atom is -0.466 e. The molecule has 0 bridgehead atoms. The maximum atomic E-state index is 13.3. The third-order valence-corrected chi connectivity index (χ3v) is 4.98. The van der Waals surface area contributed by atoms with Crippen molar-refractivity contribution in [3.05, 3.63) is 47.5 Å². The van der Waals surface area contributed by atoms with Crippen molar-refractivity contribution in [1.82, 2.24) is 14.7 Å². The zero-order chi connectivity index (χ0) is 20.3. The highest BCUT2D eigenvalue weighted by molar-refractivity contribution is 5.96. The van der Waals surface area contributed by atoms with Crippen molar-refractivity contribution in [2.75, 3.05) is 19.7 Å². The fourth-order valence-electron chi connectivity index (χ4n) is 3.65. The molecular formula is C21H26FN3O3. The summed E-state index contributed by atoms with van der Waals surface area (Å²) < 4.78 is 20.1. The monoisotopic (exact) mass is 387 g/mol. The molecule has 1 aliphatic heterocycles. The van der Waals surface area contributed by atoms with E-state index >= 15 is 0 Å². The van der Waals surface area contributed by atoms with Crippen molar-refractivity contribution in [2.45, 2.75) is 39.5 Å². The van der Waals surface area contributed by atoms with E-state index in [1.54, 1.807) is 34.8 Å². The lowest BCUT2D eigenvalue weighted by Crippen LogP contribution is -2.43. The molecule has 6 nitrogen and oxygen atoms in total. The third-order valence-electron chi connectivity index (χ3n) is 4.98. The largest absolute Gasteiger partial charge is 0.466 e. The molecule has 28 heavy (non-hydrogen) atoms. The van der Waals surface area contributed by atoms with Gasteiger partial charge in [-0.3, -0.25) is 9.59 Å². The van der Waals surface area contributed by atoms with Crippen LogP contribution in [0.2, 0.25) is 0 Å². The Morgan fingerprint density at radius 1 is 1.29 bits per heavy atom. The van der Waals surface area contributed by atoms with Gasteiger partial charge < -0.3 is 9.64 Å². The molecule has 0 aliphatic carbocycles. The number of carbonyl (C=O) groups is 2. The summed E-state index contributed by atoms with van der Waals surface area (Å²) >= 11 is 0. The topological polar surface area (TPSA) is 64.4 Å². The summed E-state index contributed by atoms with van der Waals surface area (Å²) in [4.78, 5) is 27.0. The van der Waals surface area contributed by atoms with Crippen molar-refractivity contribution >= 4 is 11.9 Å². The maximum Gasteiger partial charge on any atom is 0.310 e. The van der Waals surface area contributed by atoms with Crippen molar-refractivity contribution in [3.63, 3.8) is 0 Å². The zero-order valence-electron chi connectivity index (χ0n) is 16.5. The van der Waals surface area contributed by atoms with Crippen LogP contribution in [0.15, 0.2) is 30.5 Å². The molecule has 1 fully saturated rings. The number of rotatable bonds is 5. The van der Waals surface area contributed by atoms with Crippen LogP contribution in [0, 0.1) is 11.7 Å². The van der Waals surface area contributed by atoms with Crippen LogP contribution in [0.1, 0.15) is 55.6 Å². The molecule has 1 atom stereocenters. The van der Waals surface area contributed by atoms with Gasteiger partial charge >= 0.3 is 5.97 Å². The molecule has 0 spiro atoms. The molecule has 0 unspecified atom stereocenters. The van der Waals surface area contributed by atoms with Gasteiger partial charge in [0.2, 0.25) is 0 Å². The smallest absolute Gasteiger partial charge is 0.310 e. The fourth-order valence-corrected chi connectivity index (χ4v) is 3.65. The van der Waals surface area contributed by atoms with E-state index in [1.165, 1.54) is 12.1 Å². The Morgan fingerprint density at radius 2 is 2.00 bits per heavy atom. The first-order valence-electron chi connectivity index (χ1n) is 9.72. The molecule has 1 aromatic heterocycles. The van der Waals surface area contributed by atoms with Crippen LogP contribution in [-0.2, 0) is 9.53 Å². The van der Waals surface area contributed by atoms with Gasteiger partial charge in [-0.05, 0) is 49.9 Å². The van der Waals surface area contributed by atoms with Gasteiger partial charge in [-0.2, -0.15) is 5.10 Å². The Kier molecular flexibility index (Phi) is 6.11. The summed E-state index contributed by atoms with van der Waals surface area (Å²) in [7, 11) is 0.